The topological polar surface area (TPSA) is 123 Å². The first kappa shape index (κ1) is 29.3. The fourth-order valence-corrected chi connectivity index (χ4v) is 4.67. The van der Waals surface area contributed by atoms with Crippen LogP contribution in [-0.4, -0.2) is 45.5 Å². The number of ether oxygens (including phenoxy) is 2. The van der Waals surface area contributed by atoms with Gasteiger partial charge in [0.25, 0.3) is 0 Å². The van der Waals surface area contributed by atoms with E-state index in [2.05, 4.69) is 10.6 Å². The third-order valence-corrected chi connectivity index (χ3v) is 7.22. The normalized spacial score (nSPS) is 11.7. The molecule has 10 nitrogen and oxygen atoms in total. The zero-order valence-electron chi connectivity index (χ0n) is 22.6. The third-order valence-electron chi connectivity index (χ3n) is 5.98. The van der Waals surface area contributed by atoms with Gasteiger partial charge in [0, 0.05) is 25.2 Å². The number of nitrogens with one attached hydrogen (secondary N) is 2. The van der Waals surface area contributed by atoms with E-state index in [1.165, 1.54) is 51.5 Å². The molecule has 0 heterocycles. The highest BCUT2D eigenvalue weighted by Crippen LogP contribution is 2.32. The Bertz CT molecular complexity index is 1410. The summed E-state index contributed by atoms with van der Waals surface area (Å²) >= 11 is 0. The Morgan fingerprint density at radius 2 is 1.56 bits per heavy atom. The van der Waals surface area contributed by atoms with E-state index < -0.39 is 10.1 Å². The molecule has 0 aliphatic heterocycles. The van der Waals surface area contributed by atoms with Crippen LogP contribution in [0, 0.1) is 0 Å². The van der Waals surface area contributed by atoms with Crippen molar-refractivity contribution in [1.82, 2.24) is 4.90 Å². The number of amides is 3. The summed E-state index contributed by atoms with van der Waals surface area (Å²) in [5.41, 5.74) is 1.63. The van der Waals surface area contributed by atoms with Crippen molar-refractivity contribution in [2.75, 3.05) is 24.9 Å². The number of methoxy groups -OCH3 is 2. The van der Waals surface area contributed by atoms with Crippen molar-refractivity contribution >= 4 is 33.4 Å². The van der Waals surface area contributed by atoms with Gasteiger partial charge in [0.05, 0.1) is 19.9 Å². The molecule has 0 saturated heterocycles. The molecule has 0 bridgehead atoms. The van der Waals surface area contributed by atoms with Crippen molar-refractivity contribution in [1.29, 1.82) is 0 Å². The van der Waals surface area contributed by atoms with Crippen molar-refractivity contribution in [2.24, 2.45) is 0 Å². The number of hydrogen-bond acceptors (Lipinski definition) is 7. The fourth-order valence-electron chi connectivity index (χ4n) is 3.74. The number of urea groups is 1. The molecule has 0 spiro atoms. The van der Waals surface area contributed by atoms with E-state index in [1.54, 1.807) is 35.2 Å². The fraction of sp³-hybridized carbons (Fsp3) is 0.286. The van der Waals surface area contributed by atoms with E-state index in [9.17, 15) is 18.0 Å². The number of benzene rings is 3. The Morgan fingerprint density at radius 1 is 0.897 bits per heavy atom. The average molecular weight is 556 g/mol. The van der Waals surface area contributed by atoms with E-state index in [0.717, 1.165) is 0 Å². The Labute approximate surface area is 229 Å². The molecule has 0 radical (unpaired) electrons. The van der Waals surface area contributed by atoms with E-state index in [0.29, 0.717) is 29.1 Å². The first-order chi connectivity index (χ1) is 18.6. The lowest BCUT2D eigenvalue weighted by atomic mass is 10.1. The largest absolute Gasteiger partial charge is 0.495 e. The number of rotatable bonds is 11. The Kier molecular flexibility index (Phi) is 9.78. The summed E-state index contributed by atoms with van der Waals surface area (Å²) in [5.74, 6) is 0.456. The van der Waals surface area contributed by atoms with Gasteiger partial charge in [0.15, 0.2) is 11.5 Å². The summed E-state index contributed by atoms with van der Waals surface area (Å²) in [7, 11) is -1.29. The van der Waals surface area contributed by atoms with Gasteiger partial charge in [-0.25, -0.2) is 4.79 Å². The number of anilines is 2. The number of hydrogen-bond donors (Lipinski definition) is 2. The molecule has 3 rings (SSSR count). The van der Waals surface area contributed by atoms with Crippen LogP contribution in [0.2, 0.25) is 0 Å². The standard InChI is InChI=1S/C28H33N3O7S/c1-6-19(2)31(28(33)30-24-9-7-8-10-25(24)36-4)18-21-11-16-26(37-5)27(17-21)38-39(34,35)23-14-12-22(13-15-23)29-20(3)32/h7-17,19H,6,18H2,1-5H3,(H,29,32)(H,30,33)/t19-/m0/s1. The van der Waals surface area contributed by atoms with Crippen LogP contribution in [0.4, 0.5) is 16.2 Å². The molecule has 0 saturated carbocycles. The molecule has 1 atom stereocenters. The van der Waals surface area contributed by atoms with Gasteiger partial charge in [0.1, 0.15) is 10.6 Å². The molecule has 3 aromatic rings. The monoisotopic (exact) mass is 555 g/mol. The molecule has 0 aliphatic carbocycles. The highest BCUT2D eigenvalue weighted by Gasteiger charge is 2.23. The quantitative estimate of drug-likeness (QED) is 0.309. The maximum absolute atomic E-state index is 13.3. The predicted molar refractivity (Wildman–Crippen MR) is 149 cm³/mol. The number of carbonyl (C=O) groups is 2. The number of nitrogens with zero attached hydrogens (tertiary/aromatic N) is 1. The zero-order valence-corrected chi connectivity index (χ0v) is 23.4. The Hall–Kier alpha value is -4.25. The van der Waals surface area contributed by atoms with Gasteiger partial charge >= 0.3 is 16.1 Å². The molecule has 0 aliphatic rings. The van der Waals surface area contributed by atoms with Crippen LogP contribution in [-0.2, 0) is 21.5 Å². The van der Waals surface area contributed by atoms with Crippen LogP contribution < -0.4 is 24.3 Å². The summed E-state index contributed by atoms with van der Waals surface area (Å²) in [6, 6.07) is 17.1. The third kappa shape index (κ3) is 7.64. The van der Waals surface area contributed by atoms with E-state index >= 15 is 0 Å². The van der Waals surface area contributed by atoms with Crippen LogP contribution in [0.15, 0.2) is 71.6 Å². The molecule has 0 aromatic heterocycles. The minimum Gasteiger partial charge on any atom is -0.495 e. The lowest BCUT2D eigenvalue weighted by molar-refractivity contribution is -0.114. The highest BCUT2D eigenvalue weighted by atomic mass is 32.2. The minimum absolute atomic E-state index is 0.0184. The lowest BCUT2D eigenvalue weighted by Crippen LogP contribution is -2.40. The second-order valence-corrected chi connectivity index (χ2v) is 10.3. The SMILES string of the molecule is CC[C@H](C)N(Cc1ccc(OC)c(OS(=O)(=O)c2ccc(NC(C)=O)cc2)c1)C(=O)Nc1ccccc1OC. The van der Waals surface area contributed by atoms with Crippen molar-refractivity contribution in [2.45, 2.75) is 44.7 Å². The van der Waals surface area contributed by atoms with Gasteiger partial charge in [-0.2, -0.15) is 8.42 Å². The van der Waals surface area contributed by atoms with E-state index in [4.69, 9.17) is 13.7 Å². The Balaban J connectivity index is 1.85. The summed E-state index contributed by atoms with van der Waals surface area (Å²) in [4.78, 5) is 26.1. The molecule has 3 amide bonds. The molecule has 0 unspecified atom stereocenters. The molecule has 0 fully saturated rings. The highest BCUT2D eigenvalue weighted by molar-refractivity contribution is 7.87. The Morgan fingerprint density at radius 3 is 2.18 bits per heavy atom. The van der Waals surface area contributed by atoms with Crippen LogP contribution >= 0.6 is 0 Å². The number of carbonyl (C=O) groups excluding carboxylic acids is 2. The van der Waals surface area contributed by atoms with Gasteiger partial charge in [-0.15, -0.1) is 0 Å². The minimum atomic E-state index is -4.22. The molecule has 2 N–H and O–H groups in total. The summed E-state index contributed by atoms with van der Waals surface area (Å²) in [5, 5.41) is 5.48. The zero-order chi connectivity index (χ0) is 28.6. The van der Waals surface area contributed by atoms with Gasteiger partial charge in [0.2, 0.25) is 5.91 Å². The summed E-state index contributed by atoms with van der Waals surface area (Å²) in [6.45, 7) is 5.44. The second-order valence-electron chi connectivity index (χ2n) is 8.74. The van der Waals surface area contributed by atoms with Crippen LogP contribution in [0.5, 0.6) is 17.2 Å². The van der Waals surface area contributed by atoms with Crippen molar-refractivity contribution < 1.29 is 31.7 Å². The maximum atomic E-state index is 13.3. The molecule has 208 valence electrons. The number of para-hydroxylation sites is 2. The van der Waals surface area contributed by atoms with Gasteiger partial charge < -0.3 is 29.2 Å². The van der Waals surface area contributed by atoms with Crippen LogP contribution in [0.1, 0.15) is 32.8 Å². The van der Waals surface area contributed by atoms with Crippen molar-refractivity contribution in [3.05, 3.63) is 72.3 Å². The average Bonchev–Trinajstić information content (AvgIpc) is 2.91. The van der Waals surface area contributed by atoms with Crippen LogP contribution in [0.3, 0.4) is 0 Å². The molecular formula is C28H33N3O7S. The van der Waals surface area contributed by atoms with Crippen LogP contribution in [0.25, 0.3) is 0 Å². The summed E-state index contributed by atoms with van der Waals surface area (Å²) < 4.78 is 42.1. The molecule has 3 aromatic carbocycles. The van der Waals surface area contributed by atoms with Gasteiger partial charge in [-0.05, 0) is 67.4 Å². The molecular weight excluding hydrogens is 522 g/mol. The van der Waals surface area contributed by atoms with Crippen molar-refractivity contribution in [3.63, 3.8) is 0 Å². The first-order valence-corrected chi connectivity index (χ1v) is 13.7. The lowest BCUT2D eigenvalue weighted by Gasteiger charge is -2.29. The first-order valence-electron chi connectivity index (χ1n) is 12.3. The maximum Gasteiger partial charge on any atom is 0.339 e. The van der Waals surface area contributed by atoms with Gasteiger partial charge in [-0.3, -0.25) is 4.79 Å². The van der Waals surface area contributed by atoms with Crippen molar-refractivity contribution in [3.8, 4) is 17.2 Å². The molecule has 11 heteroatoms. The van der Waals surface area contributed by atoms with E-state index in [1.807, 2.05) is 19.9 Å². The van der Waals surface area contributed by atoms with E-state index in [-0.39, 0.29) is 40.9 Å². The predicted octanol–water partition coefficient (Wildman–Crippen LogP) is 5.26. The second kappa shape index (κ2) is 13.0. The summed E-state index contributed by atoms with van der Waals surface area (Å²) in [6.07, 6.45) is 0.696. The smallest absolute Gasteiger partial charge is 0.339 e. The molecule has 39 heavy (non-hydrogen) atoms. The van der Waals surface area contributed by atoms with Gasteiger partial charge in [-0.1, -0.05) is 25.1 Å².